The van der Waals surface area contributed by atoms with Crippen molar-refractivity contribution in [1.82, 2.24) is 0 Å². The van der Waals surface area contributed by atoms with Crippen LogP contribution in [-0.2, 0) is 6.42 Å². The topological polar surface area (TPSA) is 35.2 Å². The summed E-state index contributed by atoms with van der Waals surface area (Å²) < 4.78 is 19.4. The predicted molar refractivity (Wildman–Crippen MR) is 70.7 cm³/mol. The molecule has 18 heavy (non-hydrogen) atoms. The molecule has 94 valence electrons. The fourth-order valence-corrected chi connectivity index (χ4v) is 2.21. The van der Waals surface area contributed by atoms with Crippen molar-refractivity contribution in [2.45, 2.75) is 6.42 Å². The van der Waals surface area contributed by atoms with Gasteiger partial charge in [0.2, 0.25) is 0 Å². The number of halogens is 1. The predicted octanol–water partition coefficient (Wildman–Crippen LogP) is 2.96. The molecule has 2 N–H and O–H groups in total. The van der Waals surface area contributed by atoms with Crippen LogP contribution in [0.4, 0.5) is 4.39 Å². The van der Waals surface area contributed by atoms with Gasteiger partial charge in [-0.1, -0.05) is 31.4 Å². The Bertz CT molecular complexity index is 519. The zero-order valence-electron chi connectivity index (χ0n) is 10.2. The molecule has 1 aromatic carbocycles. The van der Waals surface area contributed by atoms with Crippen LogP contribution >= 0.6 is 0 Å². The zero-order chi connectivity index (χ0) is 13.1. The number of allylic oxidation sites excluding steroid dienone is 2. The van der Waals surface area contributed by atoms with E-state index in [9.17, 15) is 4.39 Å². The van der Waals surface area contributed by atoms with Crippen LogP contribution in [0.3, 0.4) is 0 Å². The van der Waals surface area contributed by atoms with Crippen molar-refractivity contribution < 1.29 is 9.13 Å². The second-order valence-corrected chi connectivity index (χ2v) is 4.19. The minimum Gasteiger partial charge on any atom is -0.454 e. The van der Waals surface area contributed by atoms with Gasteiger partial charge in [0.25, 0.3) is 0 Å². The van der Waals surface area contributed by atoms with Crippen LogP contribution in [0.2, 0.25) is 0 Å². The molecule has 0 bridgehead atoms. The average molecular weight is 245 g/mol. The van der Waals surface area contributed by atoms with Gasteiger partial charge in [-0.3, -0.25) is 0 Å². The van der Waals surface area contributed by atoms with E-state index in [-0.39, 0.29) is 17.5 Å². The van der Waals surface area contributed by atoms with Gasteiger partial charge in [-0.05, 0) is 36.2 Å². The Morgan fingerprint density at radius 3 is 2.78 bits per heavy atom. The van der Waals surface area contributed by atoms with Gasteiger partial charge < -0.3 is 10.5 Å². The van der Waals surface area contributed by atoms with Gasteiger partial charge in [0.15, 0.2) is 11.6 Å². The Hall–Kier alpha value is -1.87. The first-order valence-electron chi connectivity index (χ1n) is 5.85. The van der Waals surface area contributed by atoms with E-state index in [4.69, 9.17) is 10.5 Å². The lowest BCUT2D eigenvalue weighted by Gasteiger charge is -2.14. The molecule has 0 aromatic heterocycles. The van der Waals surface area contributed by atoms with Gasteiger partial charge in [0, 0.05) is 5.92 Å². The highest BCUT2D eigenvalue weighted by molar-refractivity contribution is 5.43. The van der Waals surface area contributed by atoms with E-state index in [1.165, 1.54) is 6.07 Å². The van der Waals surface area contributed by atoms with Gasteiger partial charge in [-0.2, -0.15) is 0 Å². The number of fused-ring (bicyclic) bond motifs is 1. The number of hydrogen-bond donors (Lipinski definition) is 1. The summed E-state index contributed by atoms with van der Waals surface area (Å²) in [5.74, 6) is 0.499. The Kier molecular flexibility index (Phi) is 3.63. The maximum atomic E-state index is 13.8. The summed E-state index contributed by atoms with van der Waals surface area (Å²) in [6.45, 7) is 7.93. The zero-order valence-corrected chi connectivity index (χ0v) is 10.2. The van der Waals surface area contributed by atoms with Crippen molar-refractivity contribution in [2.24, 2.45) is 11.7 Å². The minimum absolute atomic E-state index is 0.0681. The van der Waals surface area contributed by atoms with E-state index in [0.717, 1.165) is 11.1 Å². The fraction of sp³-hybridized carbons (Fsp3) is 0.200. The van der Waals surface area contributed by atoms with Crippen LogP contribution < -0.4 is 10.5 Å². The molecule has 1 heterocycles. The third kappa shape index (κ3) is 2.09. The van der Waals surface area contributed by atoms with E-state index in [0.29, 0.717) is 18.7 Å². The standard InChI is InChI=1S/C15H16FNO/c1-3-12-11(9-17)8-10-6-5-7-13(16)15(10)18-14(12)4-2/h3-7,11H,1-2,8-9,17H2/t11-/m0/s1. The van der Waals surface area contributed by atoms with Crippen molar-refractivity contribution in [3.05, 3.63) is 66.2 Å². The largest absolute Gasteiger partial charge is 0.454 e. The van der Waals surface area contributed by atoms with Crippen LogP contribution in [0, 0.1) is 11.7 Å². The number of hydrogen-bond acceptors (Lipinski definition) is 2. The summed E-state index contributed by atoms with van der Waals surface area (Å²) in [5.41, 5.74) is 7.48. The number of ether oxygens (including phenoxy) is 1. The number of para-hydroxylation sites is 1. The van der Waals surface area contributed by atoms with Crippen molar-refractivity contribution >= 4 is 0 Å². The van der Waals surface area contributed by atoms with Crippen LogP contribution in [0.5, 0.6) is 5.75 Å². The number of nitrogens with two attached hydrogens (primary N) is 1. The second-order valence-electron chi connectivity index (χ2n) is 4.19. The molecule has 2 nitrogen and oxygen atoms in total. The normalized spacial score (nSPS) is 18.7. The number of benzene rings is 1. The molecule has 3 heteroatoms. The van der Waals surface area contributed by atoms with Crippen molar-refractivity contribution in [1.29, 1.82) is 0 Å². The summed E-state index contributed by atoms with van der Waals surface area (Å²) >= 11 is 0. The lowest BCUT2D eigenvalue weighted by molar-refractivity contribution is 0.407. The summed E-state index contributed by atoms with van der Waals surface area (Å²) in [7, 11) is 0. The van der Waals surface area contributed by atoms with Gasteiger partial charge in [0.1, 0.15) is 5.76 Å². The summed E-state index contributed by atoms with van der Waals surface area (Å²) in [6, 6.07) is 4.92. The van der Waals surface area contributed by atoms with Gasteiger partial charge >= 0.3 is 0 Å². The first kappa shape index (κ1) is 12.6. The molecule has 0 aliphatic carbocycles. The highest BCUT2D eigenvalue weighted by atomic mass is 19.1. The molecule has 0 amide bonds. The molecule has 0 saturated heterocycles. The molecular weight excluding hydrogens is 229 g/mol. The SMILES string of the molecule is C=CC1=C(C=C)[C@H](CN)Cc2cccc(F)c2O1. The number of rotatable bonds is 3. The maximum Gasteiger partial charge on any atom is 0.166 e. The van der Waals surface area contributed by atoms with Crippen LogP contribution in [0.15, 0.2) is 54.8 Å². The Morgan fingerprint density at radius 2 is 2.17 bits per heavy atom. The smallest absolute Gasteiger partial charge is 0.166 e. The lowest BCUT2D eigenvalue weighted by Crippen LogP contribution is -2.18. The molecular formula is C15H16FNO. The molecule has 2 rings (SSSR count). The van der Waals surface area contributed by atoms with Crippen molar-refractivity contribution in [2.75, 3.05) is 6.54 Å². The Labute approximate surface area is 106 Å². The highest BCUT2D eigenvalue weighted by Gasteiger charge is 2.24. The van der Waals surface area contributed by atoms with Gasteiger partial charge in [-0.25, -0.2) is 4.39 Å². The van der Waals surface area contributed by atoms with Crippen molar-refractivity contribution in [3.8, 4) is 5.75 Å². The van der Waals surface area contributed by atoms with Crippen LogP contribution in [-0.4, -0.2) is 6.54 Å². The highest BCUT2D eigenvalue weighted by Crippen LogP contribution is 2.34. The second kappa shape index (κ2) is 5.19. The van der Waals surface area contributed by atoms with E-state index < -0.39 is 0 Å². The maximum absolute atomic E-state index is 13.8. The van der Waals surface area contributed by atoms with Gasteiger partial charge in [-0.15, -0.1) is 0 Å². The monoisotopic (exact) mass is 245 g/mol. The molecule has 1 aromatic rings. The average Bonchev–Trinajstić information content (AvgIpc) is 2.55. The van der Waals surface area contributed by atoms with Crippen LogP contribution in [0.1, 0.15) is 5.56 Å². The molecule has 1 aliphatic rings. The Balaban J connectivity index is 2.57. The molecule has 1 aliphatic heterocycles. The first-order chi connectivity index (χ1) is 8.71. The first-order valence-corrected chi connectivity index (χ1v) is 5.85. The van der Waals surface area contributed by atoms with E-state index >= 15 is 0 Å². The summed E-state index contributed by atoms with van der Waals surface area (Å²) in [5, 5.41) is 0. The van der Waals surface area contributed by atoms with E-state index in [1.54, 1.807) is 18.2 Å². The fourth-order valence-electron chi connectivity index (χ4n) is 2.21. The Morgan fingerprint density at radius 1 is 1.39 bits per heavy atom. The van der Waals surface area contributed by atoms with E-state index in [2.05, 4.69) is 13.2 Å². The molecule has 0 unspecified atom stereocenters. The van der Waals surface area contributed by atoms with Crippen molar-refractivity contribution in [3.63, 3.8) is 0 Å². The molecule has 0 radical (unpaired) electrons. The van der Waals surface area contributed by atoms with Gasteiger partial charge in [0.05, 0.1) is 0 Å². The molecule has 0 fully saturated rings. The third-order valence-electron chi connectivity index (χ3n) is 3.14. The lowest BCUT2D eigenvalue weighted by atomic mass is 9.91. The molecule has 0 saturated carbocycles. The third-order valence-corrected chi connectivity index (χ3v) is 3.14. The molecule has 1 atom stereocenters. The minimum atomic E-state index is -0.368. The molecule has 0 spiro atoms. The quantitative estimate of drug-likeness (QED) is 0.888. The van der Waals surface area contributed by atoms with Crippen LogP contribution in [0.25, 0.3) is 0 Å². The summed E-state index contributed by atoms with van der Waals surface area (Å²) in [4.78, 5) is 0. The van der Waals surface area contributed by atoms with E-state index in [1.807, 2.05) is 6.07 Å². The summed E-state index contributed by atoms with van der Waals surface area (Å²) in [6.07, 6.45) is 3.92.